The fourth-order valence-electron chi connectivity index (χ4n) is 1.34. The van der Waals surface area contributed by atoms with Crippen LogP contribution in [0.2, 0.25) is 0 Å². The molecule has 0 aliphatic rings. The molecule has 0 aliphatic heterocycles. The van der Waals surface area contributed by atoms with Crippen LogP contribution in [0.15, 0.2) is 10.5 Å². The van der Waals surface area contributed by atoms with Crippen LogP contribution in [0.4, 0.5) is 0 Å². The van der Waals surface area contributed by atoms with Gasteiger partial charge < -0.3 is 10.2 Å². The molecule has 0 fully saturated rings. The number of furan rings is 1. The highest BCUT2D eigenvalue weighted by Crippen LogP contribution is 2.24. The van der Waals surface area contributed by atoms with Crippen molar-refractivity contribution >= 4 is 0 Å². The van der Waals surface area contributed by atoms with Crippen LogP contribution in [-0.2, 0) is 0 Å². The van der Waals surface area contributed by atoms with Gasteiger partial charge in [0.2, 0.25) is 0 Å². The van der Waals surface area contributed by atoms with E-state index in [-0.39, 0.29) is 6.04 Å². The molecule has 0 saturated carbocycles. The van der Waals surface area contributed by atoms with Gasteiger partial charge in [-0.15, -0.1) is 0 Å². The van der Waals surface area contributed by atoms with E-state index < -0.39 is 0 Å². The number of rotatable bonds is 2. The lowest BCUT2D eigenvalue weighted by Gasteiger charge is -2.13. The Balaban J connectivity index is 2.94. The lowest BCUT2D eigenvalue weighted by atomic mass is 9.97. The fraction of sp³-hybridized carbons (Fsp3) is 0.600. The molecule has 0 spiro atoms. The molecule has 1 unspecified atom stereocenters. The molecule has 2 heteroatoms. The molecule has 12 heavy (non-hydrogen) atoms. The van der Waals surface area contributed by atoms with Gasteiger partial charge in [0.25, 0.3) is 0 Å². The van der Waals surface area contributed by atoms with Crippen molar-refractivity contribution in [3.63, 3.8) is 0 Å². The molecule has 1 heterocycles. The second-order valence-corrected chi connectivity index (χ2v) is 3.64. The molecule has 1 aromatic heterocycles. The van der Waals surface area contributed by atoms with E-state index in [2.05, 4.69) is 13.8 Å². The second kappa shape index (κ2) is 3.31. The maximum absolute atomic E-state index is 5.99. The van der Waals surface area contributed by atoms with E-state index >= 15 is 0 Å². The van der Waals surface area contributed by atoms with E-state index in [1.165, 1.54) is 0 Å². The van der Waals surface area contributed by atoms with E-state index in [1.807, 2.05) is 19.9 Å². The predicted molar refractivity (Wildman–Crippen MR) is 49.9 cm³/mol. The van der Waals surface area contributed by atoms with Gasteiger partial charge in [-0.05, 0) is 25.8 Å². The number of hydrogen-bond donors (Lipinski definition) is 1. The van der Waals surface area contributed by atoms with Gasteiger partial charge in [0.05, 0.1) is 0 Å². The van der Waals surface area contributed by atoms with Crippen molar-refractivity contribution in [2.45, 2.75) is 33.7 Å². The van der Waals surface area contributed by atoms with Gasteiger partial charge in [-0.2, -0.15) is 0 Å². The van der Waals surface area contributed by atoms with Crippen molar-refractivity contribution in [3.05, 3.63) is 23.2 Å². The molecule has 1 aromatic rings. The molecule has 68 valence electrons. The SMILES string of the molecule is Cc1cc(C(N)C(C)C)c(C)o1. The minimum absolute atomic E-state index is 0.0995. The van der Waals surface area contributed by atoms with Crippen LogP contribution in [0.5, 0.6) is 0 Å². The van der Waals surface area contributed by atoms with Crippen LogP contribution >= 0.6 is 0 Å². The first-order valence-corrected chi connectivity index (χ1v) is 4.35. The maximum atomic E-state index is 5.99. The van der Waals surface area contributed by atoms with Crippen LogP contribution in [0.25, 0.3) is 0 Å². The Hall–Kier alpha value is -0.760. The normalized spacial score (nSPS) is 13.8. The minimum atomic E-state index is 0.0995. The Kier molecular flexibility index (Phi) is 2.58. The minimum Gasteiger partial charge on any atom is -0.466 e. The standard InChI is InChI=1S/C10H17NO/c1-6(2)10(11)9-5-7(3)12-8(9)4/h5-6,10H,11H2,1-4H3. The fourth-order valence-corrected chi connectivity index (χ4v) is 1.34. The molecule has 0 aliphatic carbocycles. The third-order valence-electron chi connectivity index (χ3n) is 2.16. The van der Waals surface area contributed by atoms with Crippen LogP contribution < -0.4 is 5.73 Å². The van der Waals surface area contributed by atoms with Gasteiger partial charge in [0.15, 0.2) is 0 Å². The van der Waals surface area contributed by atoms with Gasteiger partial charge in [-0.1, -0.05) is 13.8 Å². The number of hydrogen-bond acceptors (Lipinski definition) is 2. The highest BCUT2D eigenvalue weighted by atomic mass is 16.3. The average molecular weight is 167 g/mol. The summed E-state index contributed by atoms with van der Waals surface area (Å²) in [6.07, 6.45) is 0. The van der Waals surface area contributed by atoms with Crippen LogP contribution in [-0.4, -0.2) is 0 Å². The van der Waals surface area contributed by atoms with Gasteiger partial charge in [0.1, 0.15) is 11.5 Å². The van der Waals surface area contributed by atoms with Crippen molar-refractivity contribution < 1.29 is 4.42 Å². The van der Waals surface area contributed by atoms with Gasteiger partial charge in [-0.3, -0.25) is 0 Å². The zero-order valence-corrected chi connectivity index (χ0v) is 8.22. The van der Waals surface area contributed by atoms with Crippen LogP contribution in [0.1, 0.15) is 37.0 Å². The van der Waals surface area contributed by atoms with E-state index in [1.54, 1.807) is 0 Å². The summed E-state index contributed by atoms with van der Waals surface area (Å²) < 4.78 is 5.41. The summed E-state index contributed by atoms with van der Waals surface area (Å²) in [7, 11) is 0. The second-order valence-electron chi connectivity index (χ2n) is 3.64. The zero-order valence-electron chi connectivity index (χ0n) is 8.22. The van der Waals surface area contributed by atoms with E-state index in [0.29, 0.717) is 5.92 Å². The quantitative estimate of drug-likeness (QED) is 0.735. The number of aryl methyl sites for hydroxylation is 2. The third kappa shape index (κ3) is 1.69. The first kappa shape index (κ1) is 9.33. The monoisotopic (exact) mass is 167 g/mol. The van der Waals surface area contributed by atoms with Crippen molar-refractivity contribution in [1.82, 2.24) is 0 Å². The van der Waals surface area contributed by atoms with Crippen molar-refractivity contribution in [2.75, 3.05) is 0 Å². The molecule has 0 aromatic carbocycles. The molecule has 2 nitrogen and oxygen atoms in total. The van der Waals surface area contributed by atoms with Crippen LogP contribution in [0, 0.1) is 19.8 Å². The summed E-state index contributed by atoms with van der Waals surface area (Å²) >= 11 is 0. The Morgan fingerprint density at radius 2 is 1.92 bits per heavy atom. The number of nitrogens with two attached hydrogens (primary N) is 1. The average Bonchev–Trinajstić information content (AvgIpc) is 2.28. The summed E-state index contributed by atoms with van der Waals surface area (Å²) in [4.78, 5) is 0. The first-order valence-electron chi connectivity index (χ1n) is 4.35. The van der Waals surface area contributed by atoms with E-state index in [9.17, 15) is 0 Å². The maximum Gasteiger partial charge on any atom is 0.105 e. The van der Waals surface area contributed by atoms with Crippen molar-refractivity contribution in [3.8, 4) is 0 Å². The van der Waals surface area contributed by atoms with E-state index in [4.69, 9.17) is 10.2 Å². The lowest BCUT2D eigenvalue weighted by Crippen LogP contribution is -2.16. The lowest BCUT2D eigenvalue weighted by molar-refractivity contribution is 0.474. The summed E-state index contributed by atoms with van der Waals surface area (Å²) in [5, 5.41) is 0. The molecule has 0 bridgehead atoms. The molecular weight excluding hydrogens is 150 g/mol. The topological polar surface area (TPSA) is 39.2 Å². The Morgan fingerprint density at radius 1 is 1.33 bits per heavy atom. The highest BCUT2D eigenvalue weighted by molar-refractivity contribution is 5.23. The Bertz CT molecular complexity index is 263. The summed E-state index contributed by atoms with van der Waals surface area (Å²) in [5.74, 6) is 2.35. The third-order valence-corrected chi connectivity index (χ3v) is 2.16. The van der Waals surface area contributed by atoms with Gasteiger partial charge >= 0.3 is 0 Å². The molecule has 1 rings (SSSR count). The molecule has 0 saturated heterocycles. The van der Waals surface area contributed by atoms with Crippen molar-refractivity contribution in [2.24, 2.45) is 11.7 Å². The zero-order chi connectivity index (χ0) is 9.30. The summed E-state index contributed by atoms with van der Waals surface area (Å²) in [6, 6.07) is 2.13. The van der Waals surface area contributed by atoms with Crippen LogP contribution in [0.3, 0.4) is 0 Å². The predicted octanol–water partition coefficient (Wildman–Crippen LogP) is 2.55. The van der Waals surface area contributed by atoms with Gasteiger partial charge in [-0.25, -0.2) is 0 Å². The molecular formula is C10H17NO. The molecule has 1 atom stereocenters. The highest BCUT2D eigenvalue weighted by Gasteiger charge is 2.15. The first-order chi connectivity index (χ1) is 5.52. The largest absolute Gasteiger partial charge is 0.466 e. The summed E-state index contributed by atoms with van der Waals surface area (Å²) in [5.41, 5.74) is 7.13. The smallest absolute Gasteiger partial charge is 0.105 e. The summed E-state index contributed by atoms with van der Waals surface area (Å²) in [6.45, 7) is 8.15. The Labute approximate surface area is 73.8 Å². The molecule has 2 N–H and O–H groups in total. The Morgan fingerprint density at radius 3 is 2.25 bits per heavy atom. The molecule has 0 radical (unpaired) electrons. The van der Waals surface area contributed by atoms with E-state index in [0.717, 1.165) is 17.1 Å². The van der Waals surface area contributed by atoms with Gasteiger partial charge in [0, 0.05) is 11.6 Å². The van der Waals surface area contributed by atoms with Crippen molar-refractivity contribution in [1.29, 1.82) is 0 Å². The molecule has 0 amide bonds.